The molecule has 0 saturated heterocycles. The molecule has 5 heteroatoms. The summed E-state index contributed by atoms with van der Waals surface area (Å²) in [5.74, 6) is 1.57. The monoisotopic (exact) mass is 767 g/mol. The van der Waals surface area contributed by atoms with Crippen LogP contribution in [-0.4, -0.2) is 15.0 Å². The SMILES string of the molecule is c1ccc(-c2cc(-c3c(-c4ccccc4)ccc4ccccc34)ccc2-c2nc(-c3cccc4c3oc3ccccc34)nc(-c3cccc4c3oc3ccccc34)n2)cc1. The maximum absolute atomic E-state index is 6.56. The Morgan fingerprint density at radius 3 is 1.35 bits per heavy atom. The molecular weight excluding hydrogens is 735 g/mol. The third-order valence-electron chi connectivity index (χ3n) is 11.6. The first-order valence-corrected chi connectivity index (χ1v) is 20.1. The van der Waals surface area contributed by atoms with Crippen molar-refractivity contribution in [2.24, 2.45) is 0 Å². The molecule has 12 rings (SSSR count). The molecule has 5 nitrogen and oxygen atoms in total. The lowest BCUT2D eigenvalue weighted by Gasteiger charge is -2.17. The molecule has 9 aromatic carbocycles. The molecular formula is C55H33N3O2. The van der Waals surface area contributed by atoms with Gasteiger partial charge in [0.05, 0.1) is 11.1 Å². The van der Waals surface area contributed by atoms with Crippen LogP contribution in [0.2, 0.25) is 0 Å². The van der Waals surface area contributed by atoms with E-state index in [9.17, 15) is 0 Å². The van der Waals surface area contributed by atoms with Gasteiger partial charge < -0.3 is 8.83 Å². The number of hydrogen-bond acceptors (Lipinski definition) is 5. The lowest BCUT2D eigenvalue weighted by molar-refractivity contribution is 0.669. The Kier molecular flexibility index (Phi) is 7.78. The second-order valence-electron chi connectivity index (χ2n) is 15.1. The van der Waals surface area contributed by atoms with Crippen LogP contribution in [0.25, 0.3) is 122 Å². The number of nitrogens with zero attached hydrogens (tertiary/aromatic N) is 3. The zero-order valence-electron chi connectivity index (χ0n) is 32.2. The summed E-state index contributed by atoms with van der Waals surface area (Å²) >= 11 is 0. The number of fused-ring (bicyclic) bond motifs is 7. The van der Waals surface area contributed by atoms with Gasteiger partial charge in [0.25, 0.3) is 0 Å². The van der Waals surface area contributed by atoms with Gasteiger partial charge in [-0.15, -0.1) is 0 Å². The van der Waals surface area contributed by atoms with E-state index in [1.54, 1.807) is 0 Å². The van der Waals surface area contributed by atoms with Gasteiger partial charge in [0.1, 0.15) is 22.3 Å². The van der Waals surface area contributed by atoms with Crippen LogP contribution in [0, 0.1) is 0 Å². The summed E-state index contributed by atoms with van der Waals surface area (Å²) in [6, 6.07) is 69.4. The van der Waals surface area contributed by atoms with E-state index >= 15 is 0 Å². The van der Waals surface area contributed by atoms with Gasteiger partial charge in [-0.25, -0.2) is 15.0 Å². The molecule has 0 aliphatic carbocycles. The molecule has 0 spiro atoms. The molecule has 3 aromatic heterocycles. The van der Waals surface area contributed by atoms with Crippen LogP contribution in [0.15, 0.2) is 209 Å². The van der Waals surface area contributed by atoms with Crippen molar-refractivity contribution in [1.29, 1.82) is 0 Å². The van der Waals surface area contributed by atoms with E-state index in [0.717, 1.165) is 82.8 Å². The number of para-hydroxylation sites is 4. The van der Waals surface area contributed by atoms with Crippen LogP contribution in [0.3, 0.4) is 0 Å². The van der Waals surface area contributed by atoms with E-state index in [-0.39, 0.29) is 0 Å². The summed E-state index contributed by atoms with van der Waals surface area (Å²) in [6.07, 6.45) is 0. The molecule has 12 aromatic rings. The summed E-state index contributed by atoms with van der Waals surface area (Å²) in [5.41, 5.74) is 12.2. The first-order chi connectivity index (χ1) is 29.7. The van der Waals surface area contributed by atoms with E-state index in [1.807, 2.05) is 66.7 Å². The molecule has 60 heavy (non-hydrogen) atoms. The number of hydrogen-bond donors (Lipinski definition) is 0. The molecule has 0 amide bonds. The molecule has 0 radical (unpaired) electrons. The number of benzene rings is 9. The van der Waals surface area contributed by atoms with Gasteiger partial charge in [-0.3, -0.25) is 0 Å². The molecule has 0 atom stereocenters. The highest BCUT2D eigenvalue weighted by atomic mass is 16.3. The van der Waals surface area contributed by atoms with Crippen molar-refractivity contribution in [3.8, 4) is 67.5 Å². The van der Waals surface area contributed by atoms with Crippen LogP contribution in [0.1, 0.15) is 0 Å². The van der Waals surface area contributed by atoms with Gasteiger partial charge in [0.15, 0.2) is 17.5 Å². The van der Waals surface area contributed by atoms with Gasteiger partial charge in [-0.05, 0) is 80.6 Å². The van der Waals surface area contributed by atoms with Crippen LogP contribution in [-0.2, 0) is 0 Å². The molecule has 0 N–H and O–H groups in total. The molecule has 0 unspecified atom stereocenters. The summed E-state index contributed by atoms with van der Waals surface area (Å²) in [6.45, 7) is 0. The van der Waals surface area contributed by atoms with Crippen molar-refractivity contribution in [1.82, 2.24) is 15.0 Å². The number of aromatic nitrogens is 3. The summed E-state index contributed by atoms with van der Waals surface area (Å²) in [7, 11) is 0. The zero-order chi connectivity index (χ0) is 39.6. The Morgan fingerprint density at radius 1 is 0.283 bits per heavy atom. The smallest absolute Gasteiger partial charge is 0.167 e. The Balaban J connectivity index is 1.14. The molecule has 0 aliphatic heterocycles. The highest BCUT2D eigenvalue weighted by Crippen LogP contribution is 2.43. The van der Waals surface area contributed by atoms with Gasteiger partial charge >= 0.3 is 0 Å². The predicted octanol–water partition coefficient (Wildman–Crippen LogP) is 14.8. The summed E-state index contributed by atoms with van der Waals surface area (Å²) in [4.78, 5) is 15.9. The fourth-order valence-electron chi connectivity index (χ4n) is 8.78. The summed E-state index contributed by atoms with van der Waals surface area (Å²) in [5, 5.41) is 6.47. The minimum atomic E-state index is 0.510. The number of rotatable bonds is 6. The largest absolute Gasteiger partial charge is 0.455 e. The van der Waals surface area contributed by atoms with Crippen molar-refractivity contribution in [3.05, 3.63) is 200 Å². The lowest BCUT2D eigenvalue weighted by Crippen LogP contribution is -2.02. The second kappa shape index (κ2) is 13.8. The van der Waals surface area contributed by atoms with E-state index in [0.29, 0.717) is 17.5 Å². The Bertz CT molecular complexity index is 3470. The van der Waals surface area contributed by atoms with Crippen LogP contribution < -0.4 is 0 Å². The average Bonchev–Trinajstić information content (AvgIpc) is 3.90. The maximum atomic E-state index is 6.56. The van der Waals surface area contributed by atoms with E-state index in [2.05, 4.69) is 133 Å². The van der Waals surface area contributed by atoms with E-state index in [4.69, 9.17) is 23.8 Å². The first-order valence-electron chi connectivity index (χ1n) is 20.1. The fraction of sp³-hybridized carbons (Fsp3) is 0. The van der Waals surface area contributed by atoms with Crippen LogP contribution in [0.5, 0.6) is 0 Å². The average molecular weight is 768 g/mol. The quantitative estimate of drug-likeness (QED) is 0.169. The molecule has 0 fully saturated rings. The van der Waals surface area contributed by atoms with Gasteiger partial charge in [-0.1, -0.05) is 164 Å². The fourth-order valence-corrected chi connectivity index (χ4v) is 8.78. The lowest BCUT2D eigenvalue weighted by atomic mass is 9.87. The topological polar surface area (TPSA) is 65.0 Å². The van der Waals surface area contributed by atoms with Crippen molar-refractivity contribution >= 4 is 54.6 Å². The molecule has 0 saturated carbocycles. The third-order valence-corrected chi connectivity index (χ3v) is 11.6. The van der Waals surface area contributed by atoms with Crippen LogP contribution >= 0.6 is 0 Å². The van der Waals surface area contributed by atoms with Crippen molar-refractivity contribution < 1.29 is 8.83 Å². The van der Waals surface area contributed by atoms with E-state index in [1.165, 1.54) is 21.9 Å². The van der Waals surface area contributed by atoms with E-state index < -0.39 is 0 Å². The second-order valence-corrected chi connectivity index (χ2v) is 15.1. The Labute approximate surface area is 344 Å². The van der Waals surface area contributed by atoms with Crippen LogP contribution in [0.4, 0.5) is 0 Å². The Hall–Kier alpha value is -8.15. The standard InChI is InChI=1S/C55H33N3O2/c1-3-15-34(16-4-1)39-31-29-36-19-7-8-20-38(36)50(39)37-30-32-44(47(33-37)35-17-5-2-6-18-35)53-56-54(45-25-13-23-42-40-21-9-11-27-48(40)59-51(42)45)58-55(57-53)46-26-14-24-43-41-22-10-12-28-49(41)60-52(43)46/h1-33H. The number of furan rings is 2. The van der Waals surface area contributed by atoms with Crippen molar-refractivity contribution in [2.45, 2.75) is 0 Å². The normalized spacial score (nSPS) is 11.7. The Morgan fingerprint density at radius 2 is 0.750 bits per heavy atom. The maximum Gasteiger partial charge on any atom is 0.167 e. The van der Waals surface area contributed by atoms with Gasteiger partial charge in [-0.2, -0.15) is 0 Å². The molecule has 3 heterocycles. The predicted molar refractivity (Wildman–Crippen MR) is 245 cm³/mol. The van der Waals surface area contributed by atoms with Gasteiger partial charge in [0, 0.05) is 27.1 Å². The van der Waals surface area contributed by atoms with Crippen molar-refractivity contribution in [2.75, 3.05) is 0 Å². The van der Waals surface area contributed by atoms with Crippen molar-refractivity contribution in [3.63, 3.8) is 0 Å². The highest BCUT2D eigenvalue weighted by Gasteiger charge is 2.23. The first kappa shape index (κ1) is 33.9. The summed E-state index contributed by atoms with van der Waals surface area (Å²) < 4.78 is 13.1. The highest BCUT2D eigenvalue weighted by molar-refractivity contribution is 6.11. The zero-order valence-corrected chi connectivity index (χ0v) is 32.2. The minimum absolute atomic E-state index is 0.510. The van der Waals surface area contributed by atoms with Gasteiger partial charge in [0.2, 0.25) is 0 Å². The third kappa shape index (κ3) is 5.52. The minimum Gasteiger partial charge on any atom is -0.455 e. The molecule has 0 aliphatic rings. The molecule has 280 valence electrons. The molecule has 0 bridgehead atoms.